The maximum Gasteiger partial charge on any atom is 0.270 e. The van der Waals surface area contributed by atoms with Crippen LogP contribution in [0.1, 0.15) is 5.56 Å². The number of hydrogen-bond donors (Lipinski definition) is 1. The molecule has 0 spiro atoms. The number of fused-ring (bicyclic) bond motifs is 1. The van der Waals surface area contributed by atoms with Gasteiger partial charge in [0.15, 0.2) is 5.65 Å². The Labute approximate surface area is 203 Å². The SMILES string of the molecule is COC1CN(N(c2ccccc2)c2ncc3ccn(S(=O)(=O)c4ccccc4C#N)c3n2)CCN1. The summed E-state index contributed by atoms with van der Waals surface area (Å²) in [5.41, 5.74) is 1.13. The molecule has 1 saturated heterocycles. The maximum atomic E-state index is 13.5. The monoisotopic (exact) mass is 489 g/mol. The fraction of sp³-hybridized carbons (Fsp3) is 0.208. The molecule has 178 valence electrons. The van der Waals surface area contributed by atoms with E-state index in [4.69, 9.17) is 9.72 Å². The molecular formula is C24H23N7O3S. The summed E-state index contributed by atoms with van der Waals surface area (Å²) in [6.07, 6.45) is 2.86. The molecule has 1 fully saturated rings. The van der Waals surface area contributed by atoms with E-state index in [1.54, 1.807) is 31.5 Å². The standard InChI is InChI=1S/C24H23N7O3S/c1-34-22-17-29(14-12-26-22)31(20-8-3-2-4-9-20)24-27-16-19-11-13-30(23(19)28-24)35(32,33)21-10-6-5-7-18(21)15-25/h2-11,13,16,22,26H,12,14,17H2,1H3. The van der Waals surface area contributed by atoms with E-state index in [1.807, 2.05) is 41.4 Å². The Hall–Kier alpha value is -3.82. The second-order valence-electron chi connectivity index (χ2n) is 7.91. The van der Waals surface area contributed by atoms with Gasteiger partial charge in [-0.1, -0.05) is 30.3 Å². The van der Waals surface area contributed by atoms with E-state index in [-0.39, 0.29) is 22.3 Å². The number of nitrogens with zero attached hydrogens (tertiary/aromatic N) is 6. The van der Waals surface area contributed by atoms with Crippen LogP contribution < -0.4 is 10.3 Å². The molecule has 35 heavy (non-hydrogen) atoms. The zero-order chi connectivity index (χ0) is 24.4. The predicted molar refractivity (Wildman–Crippen MR) is 130 cm³/mol. The summed E-state index contributed by atoms with van der Waals surface area (Å²) in [5.74, 6) is 0.323. The lowest BCUT2D eigenvalue weighted by molar-refractivity contribution is 0.0157. The summed E-state index contributed by atoms with van der Waals surface area (Å²) in [6, 6.07) is 19.4. The molecule has 0 saturated carbocycles. The van der Waals surface area contributed by atoms with Crippen LogP contribution in [0.25, 0.3) is 11.0 Å². The van der Waals surface area contributed by atoms with Gasteiger partial charge >= 0.3 is 0 Å². The third-order valence-electron chi connectivity index (χ3n) is 5.80. The number of para-hydroxylation sites is 1. The van der Waals surface area contributed by atoms with Crippen molar-refractivity contribution in [3.63, 3.8) is 0 Å². The van der Waals surface area contributed by atoms with Crippen LogP contribution in [0.2, 0.25) is 0 Å². The van der Waals surface area contributed by atoms with Crippen molar-refractivity contribution in [2.45, 2.75) is 11.1 Å². The Morgan fingerprint density at radius 3 is 2.69 bits per heavy atom. The first-order chi connectivity index (χ1) is 17.0. The van der Waals surface area contributed by atoms with Gasteiger partial charge in [-0.25, -0.2) is 27.4 Å². The Bertz CT molecular complexity index is 1500. The maximum absolute atomic E-state index is 13.5. The number of hydrogen-bond acceptors (Lipinski definition) is 9. The fourth-order valence-corrected chi connectivity index (χ4v) is 5.54. The molecule has 5 rings (SSSR count). The third-order valence-corrected chi connectivity index (χ3v) is 7.53. The zero-order valence-corrected chi connectivity index (χ0v) is 19.8. The van der Waals surface area contributed by atoms with Crippen LogP contribution in [0.4, 0.5) is 11.6 Å². The molecule has 2 aromatic heterocycles. The molecular weight excluding hydrogens is 466 g/mol. The van der Waals surface area contributed by atoms with Crippen molar-refractivity contribution in [3.05, 3.63) is 78.6 Å². The van der Waals surface area contributed by atoms with E-state index in [2.05, 4.69) is 15.3 Å². The van der Waals surface area contributed by atoms with Crippen molar-refractivity contribution >= 4 is 32.7 Å². The first-order valence-corrected chi connectivity index (χ1v) is 12.4. The first kappa shape index (κ1) is 22.9. The minimum atomic E-state index is -4.07. The molecule has 1 aliphatic rings. The lowest BCUT2D eigenvalue weighted by Crippen LogP contribution is -2.56. The average molecular weight is 490 g/mol. The normalized spacial score (nSPS) is 16.7. The number of methoxy groups -OCH3 is 1. The van der Waals surface area contributed by atoms with Crippen molar-refractivity contribution in [1.82, 2.24) is 24.3 Å². The van der Waals surface area contributed by atoms with Gasteiger partial charge < -0.3 is 4.74 Å². The van der Waals surface area contributed by atoms with E-state index in [1.165, 1.54) is 18.3 Å². The summed E-state index contributed by atoms with van der Waals surface area (Å²) < 4.78 is 33.7. The van der Waals surface area contributed by atoms with Gasteiger partial charge in [0, 0.05) is 38.0 Å². The van der Waals surface area contributed by atoms with Crippen LogP contribution in [0.3, 0.4) is 0 Å². The number of rotatable bonds is 6. The molecule has 0 amide bonds. The number of nitrogens with one attached hydrogen (secondary N) is 1. The minimum Gasteiger partial charge on any atom is -0.365 e. The van der Waals surface area contributed by atoms with E-state index in [9.17, 15) is 13.7 Å². The zero-order valence-electron chi connectivity index (χ0n) is 18.9. The summed E-state index contributed by atoms with van der Waals surface area (Å²) in [7, 11) is -2.42. The van der Waals surface area contributed by atoms with Gasteiger partial charge in [-0.3, -0.25) is 5.32 Å². The topological polar surface area (TPSA) is 116 Å². The molecule has 10 nitrogen and oxygen atoms in total. The van der Waals surface area contributed by atoms with Crippen molar-refractivity contribution in [2.24, 2.45) is 0 Å². The lowest BCUT2D eigenvalue weighted by atomic mass is 10.2. The molecule has 2 aromatic carbocycles. The molecule has 1 atom stereocenters. The number of aromatic nitrogens is 3. The Morgan fingerprint density at radius 1 is 1.14 bits per heavy atom. The van der Waals surface area contributed by atoms with Crippen LogP contribution in [0.5, 0.6) is 0 Å². The van der Waals surface area contributed by atoms with Gasteiger partial charge in [0.05, 0.1) is 17.8 Å². The molecule has 0 bridgehead atoms. The molecule has 0 aliphatic carbocycles. The molecule has 1 N–H and O–H groups in total. The van der Waals surface area contributed by atoms with E-state index >= 15 is 0 Å². The number of ether oxygens (including phenoxy) is 1. The van der Waals surface area contributed by atoms with Gasteiger partial charge in [-0.2, -0.15) is 10.2 Å². The second kappa shape index (κ2) is 9.44. The molecule has 4 aromatic rings. The number of hydrazine groups is 1. The van der Waals surface area contributed by atoms with Crippen LogP contribution >= 0.6 is 0 Å². The number of piperazine rings is 1. The van der Waals surface area contributed by atoms with Crippen LogP contribution in [0.15, 0.2) is 78.0 Å². The van der Waals surface area contributed by atoms with Crippen LogP contribution in [-0.2, 0) is 14.8 Å². The summed E-state index contributed by atoms with van der Waals surface area (Å²) >= 11 is 0. The smallest absolute Gasteiger partial charge is 0.270 e. The summed E-state index contributed by atoms with van der Waals surface area (Å²) in [4.78, 5) is 9.18. The molecule has 1 aliphatic heterocycles. The number of anilines is 2. The number of nitriles is 1. The molecule has 1 unspecified atom stereocenters. The number of benzene rings is 2. The Morgan fingerprint density at radius 2 is 1.91 bits per heavy atom. The molecule has 3 heterocycles. The highest BCUT2D eigenvalue weighted by atomic mass is 32.2. The largest absolute Gasteiger partial charge is 0.365 e. The van der Waals surface area contributed by atoms with Gasteiger partial charge in [-0.15, -0.1) is 0 Å². The van der Waals surface area contributed by atoms with Gasteiger partial charge in [-0.05, 0) is 30.3 Å². The van der Waals surface area contributed by atoms with Crippen molar-refractivity contribution in [3.8, 4) is 6.07 Å². The quantitative estimate of drug-likeness (QED) is 0.436. The van der Waals surface area contributed by atoms with Crippen molar-refractivity contribution in [2.75, 3.05) is 31.8 Å². The van der Waals surface area contributed by atoms with Gasteiger partial charge in [0.1, 0.15) is 17.2 Å². The van der Waals surface area contributed by atoms with Gasteiger partial charge in [0.2, 0.25) is 5.95 Å². The third kappa shape index (κ3) is 4.24. The van der Waals surface area contributed by atoms with Gasteiger partial charge in [0.25, 0.3) is 10.0 Å². The lowest BCUT2D eigenvalue weighted by Gasteiger charge is -2.40. The molecule has 0 radical (unpaired) electrons. The van der Waals surface area contributed by atoms with Crippen molar-refractivity contribution in [1.29, 1.82) is 5.26 Å². The highest BCUT2D eigenvalue weighted by Crippen LogP contribution is 2.28. The van der Waals surface area contributed by atoms with E-state index < -0.39 is 10.0 Å². The highest BCUT2D eigenvalue weighted by molar-refractivity contribution is 7.90. The van der Waals surface area contributed by atoms with Crippen LogP contribution in [-0.4, -0.2) is 60.3 Å². The van der Waals surface area contributed by atoms with Crippen molar-refractivity contribution < 1.29 is 13.2 Å². The highest BCUT2D eigenvalue weighted by Gasteiger charge is 2.29. The minimum absolute atomic E-state index is 0.0703. The van der Waals surface area contributed by atoms with Crippen LogP contribution in [0, 0.1) is 11.3 Å². The fourth-order valence-electron chi connectivity index (χ4n) is 4.09. The first-order valence-electron chi connectivity index (χ1n) is 11.0. The summed E-state index contributed by atoms with van der Waals surface area (Å²) in [6.45, 7) is 1.91. The second-order valence-corrected chi connectivity index (χ2v) is 9.70. The summed E-state index contributed by atoms with van der Waals surface area (Å²) in [5, 5.41) is 17.2. The van der Waals surface area contributed by atoms with E-state index in [0.717, 1.165) is 9.66 Å². The molecule has 11 heteroatoms. The average Bonchev–Trinajstić information content (AvgIpc) is 3.34. The predicted octanol–water partition coefficient (Wildman–Crippen LogP) is 2.47. The Kier molecular flexibility index (Phi) is 6.19. The van der Waals surface area contributed by atoms with E-state index in [0.29, 0.717) is 31.0 Å². The Balaban J connectivity index is 1.64.